The summed E-state index contributed by atoms with van der Waals surface area (Å²) in [6.07, 6.45) is 1.11. The van der Waals surface area contributed by atoms with Crippen LogP contribution >= 0.6 is 11.3 Å². The minimum absolute atomic E-state index is 0.257. The van der Waals surface area contributed by atoms with Gasteiger partial charge in [-0.15, -0.1) is 11.3 Å². The molecule has 2 N–H and O–H groups in total. The SMILES string of the molecule is Cc1ncsc1-c1ccc(CCC(N)=O)cc1. The third kappa shape index (κ3) is 2.91. The first-order chi connectivity index (χ1) is 8.16. The van der Waals surface area contributed by atoms with Gasteiger partial charge < -0.3 is 5.73 Å². The zero-order valence-electron chi connectivity index (χ0n) is 9.64. The third-order valence-electron chi connectivity index (χ3n) is 2.62. The van der Waals surface area contributed by atoms with Crippen molar-refractivity contribution < 1.29 is 4.79 Å². The van der Waals surface area contributed by atoms with E-state index in [0.29, 0.717) is 12.8 Å². The molecule has 0 unspecified atom stereocenters. The predicted molar refractivity (Wildman–Crippen MR) is 69.8 cm³/mol. The number of hydrogen-bond acceptors (Lipinski definition) is 3. The van der Waals surface area contributed by atoms with Crippen LogP contribution in [0.15, 0.2) is 29.8 Å². The molecule has 1 amide bonds. The third-order valence-corrected chi connectivity index (χ3v) is 3.60. The van der Waals surface area contributed by atoms with Crippen LogP contribution in [0.5, 0.6) is 0 Å². The zero-order chi connectivity index (χ0) is 12.3. The van der Waals surface area contributed by atoms with E-state index in [1.54, 1.807) is 11.3 Å². The lowest BCUT2D eigenvalue weighted by atomic mass is 10.1. The summed E-state index contributed by atoms with van der Waals surface area (Å²) < 4.78 is 0. The maximum atomic E-state index is 10.7. The number of rotatable bonds is 4. The lowest BCUT2D eigenvalue weighted by molar-refractivity contribution is -0.117. The molecule has 0 saturated heterocycles. The van der Waals surface area contributed by atoms with Crippen LogP contribution in [-0.2, 0) is 11.2 Å². The molecule has 17 heavy (non-hydrogen) atoms. The number of benzene rings is 1. The van der Waals surface area contributed by atoms with E-state index < -0.39 is 0 Å². The van der Waals surface area contributed by atoms with Gasteiger partial charge in [0, 0.05) is 6.42 Å². The number of carbonyl (C=O) groups is 1. The molecule has 1 aromatic carbocycles. The molecule has 1 aromatic heterocycles. The molecule has 0 fully saturated rings. The molecule has 88 valence electrons. The quantitative estimate of drug-likeness (QED) is 0.901. The maximum absolute atomic E-state index is 10.7. The van der Waals surface area contributed by atoms with Crippen LogP contribution in [0.3, 0.4) is 0 Å². The summed E-state index contributed by atoms with van der Waals surface area (Å²) in [6, 6.07) is 8.21. The summed E-state index contributed by atoms with van der Waals surface area (Å²) in [7, 11) is 0. The van der Waals surface area contributed by atoms with Crippen LogP contribution in [-0.4, -0.2) is 10.9 Å². The van der Waals surface area contributed by atoms with E-state index in [0.717, 1.165) is 11.3 Å². The van der Waals surface area contributed by atoms with Crippen molar-refractivity contribution >= 4 is 17.2 Å². The molecule has 0 atom stereocenters. The van der Waals surface area contributed by atoms with E-state index >= 15 is 0 Å². The number of primary amides is 1. The Balaban J connectivity index is 2.13. The Morgan fingerprint density at radius 3 is 2.59 bits per heavy atom. The van der Waals surface area contributed by atoms with Crippen LogP contribution in [0.4, 0.5) is 0 Å². The molecule has 0 aliphatic heterocycles. The first-order valence-corrected chi connectivity index (χ1v) is 6.32. The topological polar surface area (TPSA) is 56.0 Å². The van der Waals surface area contributed by atoms with E-state index in [2.05, 4.69) is 17.1 Å². The number of amides is 1. The van der Waals surface area contributed by atoms with Gasteiger partial charge in [0.2, 0.25) is 5.91 Å². The molecule has 2 rings (SSSR count). The van der Waals surface area contributed by atoms with Crippen molar-refractivity contribution in [1.29, 1.82) is 0 Å². The lowest BCUT2D eigenvalue weighted by Crippen LogP contribution is -2.11. The van der Waals surface area contributed by atoms with Gasteiger partial charge in [-0.3, -0.25) is 4.79 Å². The fourth-order valence-electron chi connectivity index (χ4n) is 1.67. The highest BCUT2D eigenvalue weighted by molar-refractivity contribution is 7.13. The summed E-state index contributed by atoms with van der Waals surface area (Å²) in [5.41, 5.74) is 10.3. The van der Waals surface area contributed by atoms with Gasteiger partial charge in [0.05, 0.1) is 16.1 Å². The molecule has 0 radical (unpaired) electrons. The molecular weight excluding hydrogens is 232 g/mol. The van der Waals surface area contributed by atoms with Crippen LogP contribution in [0.25, 0.3) is 10.4 Å². The van der Waals surface area contributed by atoms with Gasteiger partial charge in [0.25, 0.3) is 0 Å². The second kappa shape index (κ2) is 5.10. The number of thiazole rings is 1. The standard InChI is InChI=1S/C13H14N2OS/c1-9-13(17-8-15-9)11-5-2-10(3-6-11)4-7-12(14)16/h2-3,5-6,8H,4,7H2,1H3,(H2,14,16). The lowest BCUT2D eigenvalue weighted by Gasteiger charge is -2.02. The van der Waals surface area contributed by atoms with Gasteiger partial charge in [0.15, 0.2) is 0 Å². The van der Waals surface area contributed by atoms with E-state index in [4.69, 9.17) is 5.73 Å². The van der Waals surface area contributed by atoms with Crippen LogP contribution in [0.2, 0.25) is 0 Å². The Bertz CT molecular complexity index is 516. The van der Waals surface area contributed by atoms with Crippen molar-refractivity contribution in [2.75, 3.05) is 0 Å². The number of nitrogens with zero attached hydrogens (tertiary/aromatic N) is 1. The van der Waals surface area contributed by atoms with Crippen molar-refractivity contribution in [2.24, 2.45) is 5.73 Å². The average molecular weight is 246 g/mol. The maximum Gasteiger partial charge on any atom is 0.217 e. The van der Waals surface area contributed by atoms with E-state index in [-0.39, 0.29) is 5.91 Å². The molecule has 0 aliphatic carbocycles. The van der Waals surface area contributed by atoms with Crippen LogP contribution in [0, 0.1) is 6.92 Å². The minimum atomic E-state index is -0.257. The molecule has 0 aliphatic rings. The normalized spacial score (nSPS) is 10.4. The van der Waals surface area contributed by atoms with Gasteiger partial charge in [0.1, 0.15) is 0 Å². The van der Waals surface area contributed by atoms with Crippen molar-refractivity contribution in [3.8, 4) is 10.4 Å². The Labute approximate surface area is 104 Å². The molecule has 3 nitrogen and oxygen atoms in total. The zero-order valence-corrected chi connectivity index (χ0v) is 10.5. The van der Waals surface area contributed by atoms with Gasteiger partial charge in [-0.05, 0) is 24.5 Å². The highest BCUT2D eigenvalue weighted by atomic mass is 32.1. The van der Waals surface area contributed by atoms with Crippen molar-refractivity contribution in [3.63, 3.8) is 0 Å². The summed E-state index contributed by atoms with van der Waals surface area (Å²) in [5.74, 6) is -0.257. The van der Waals surface area contributed by atoms with Gasteiger partial charge in [-0.25, -0.2) is 4.98 Å². The monoisotopic (exact) mass is 246 g/mol. The molecule has 0 spiro atoms. The van der Waals surface area contributed by atoms with Crippen molar-refractivity contribution in [1.82, 2.24) is 4.98 Å². The van der Waals surface area contributed by atoms with Crippen molar-refractivity contribution in [2.45, 2.75) is 19.8 Å². The Morgan fingerprint density at radius 1 is 1.35 bits per heavy atom. The number of carbonyl (C=O) groups excluding carboxylic acids is 1. The van der Waals surface area contributed by atoms with Gasteiger partial charge in [-0.1, -0.05) is 24.3 Å². The molecule has 2 aromatic rings. The highest BCUT2D eigenvalue weighted by Crippen LogP contribution is 2.27. The van der Waals surface area contributed by atoms with Crippen molar-refractivity contribution in [3.05, 3.63) is 41.0 Å². The summed E-state index contributed by atoms with van der Waals surface area (Å²) in [4.78, 5) is 16.1. The first kappa shape index (κ1) is 11.8. The van der Waals surface area contributed by atoms with E-state index in [1.165, 1.54) is 10.4 Å². The number of hydrogen-bond donors (Lipinski definition) is 1. The first-order valence-electron chi connectivity index (χ1n) is 5.44. The van der Waals surface area contributed by atoms with E-state index in [9.17, 15) is 4.79 Å². The summed E-state index contributed by atoms with van der Waals surface area (Å²) in [5, 5.41) is 0. The second-order valence-electron chi connectivity index (χ2n) is 3.93. The Kier molecular flexibility index (Phi) is 3.54. The largest absolute Gasteiger partial charge is 0.370 e. The Morgan fingerprint density at radius 2 is 2.06 bits per heavy atom. The van der Waals surface area contributed by atoms with Gasteiger partial charge >= 0.3 is 0 Å². The summed E-state index contributed by atoms with van der Waals surface area (Å²) >= 11 is 1.64. The number of aryl methyl sites for hydroxylation is 2. The number of nitrogens with two attached hydrogens (primary N) is 1. The minimum Gasteiger partial charge on any atom is -0.370 e. The fourth-order valence-corrected chi connectivity index (χ4v) is 2.48. The molecule has 0 saturated carbocycles. The van der Waals surface area contributed by atoms with Crippen LogP contribution in [0.1, 0.15) is 17.7 Å². The average Bonchev–Trinajstić information content (AvgIpc) is 2.73. The highest BCUT2D eigenvalue weighted by Gasteiger charge is 2.04. The smallest absolute Gasteiger partial charge is 0.217 e. The summed E-state index contributed by atoms with van der Waals surface area (Å²) in [6.45, 7) is 2.01. The fraction of sp³-hybridized carbons (Fsp3) is 0.231. The second-order valence-corrected chi connectivity index (χ2v) is 4.78. The molecule has 1 heterocycles. The molecule has 4 heteroatoms. The number of aromatic nitrogens is 1. The molecular formula is C13H14N2OS. The van der Waals surface area contributed by atoms with E-state index in [1.807, 2.05) is 24.6 Å². The van der Waals surface area contributed by atoms with Gasteiger partial charge in [-0.2, -0.15) is 0 Å². The van der Waals surface area contributed by atoms with Crippen LogP contribution < -0.4 is 5.73 Å². The Hall–Kier alpha value is -1.68. The predicted octanol–water partition coefficient (Wildman–Crippen LogP) is 2.54. The molecule has 0 bridgehead atoms.